The minimum atomic E-state index is -0.246. The summed E-state index contributed by atoms with van der Waals surface area (Å²) in [5, 5.41) is 1.18. The van der Waals surface area contributed by atoms with Crippen LogP contribution < -0.4 is 10.6 Å². The molecule has 5 nitrogen and oxygen atoms in total. The van der Waals surface area contributed by atoms with Gasteiger partial charge in [0.05, 0.1) is 5.39 Å². The maximum absolute atomic E-state index is 11.8. The summed E-state index contributed by atoms with van der Waals surface area (Å²) < 4.78 is 0. The third-order valence-corrected chi connectivity index (χ3v) is 6.25. The van der Waals surface area contributed by atoms with Gasteiger partial charge in [0, 0.05) is 11.4 Å². The Kier molecular flexibility index (Phi) is 3.52. The molecule has 2 aliphatic rings. The van der Waals surface area contributed by atoms with Crippen LogP contribution in [0.3, 0.4) is 0 Å². The molecule has 0 bridgehead atoms. The number of primary amides is 1. The molecule has 6 heteroatoms. The molecule has 0 radical (unpaired) electrons. The van der Waals surface area contributed by atoms with Crippen LogP contribution in [0.1, 0.15) is 42.5 Å². The number of hydrogen-bond acceptors (Lipinski definition) is 5. The summed E-state index contributed by atoms with van der Waals surface area (Å²) in [5.74, 6) is 2.19. The van der Waals surface area contributed by atoms with E-state index in [1.54, 1.807) is 11.3 Å². The molecule has 0 aromatic carbocycles. The molecule has 2 aromatic rings. The number of aryl methyl sites for hydroxylation is 2. The maximum atomic E-state index is 11.8. The summed E-state index contributed by atoms with van der Waals surface area (Å²) in [4.78, 5) is 25.9. The van der Waals surface area contributed by atoms with Crippen molar-refractivity contribution in [2.75, 3.05) is 11.4 Å². The van der Waals surface area contributed by atoms with Crippen LogP contribution in [0, 0.1) is 12.8 Å². The van der Waals surface area contributed by atoms with Gasteiger partial charge in [-0.15, -0.1) is 11.3 Å². The van der Waals surface area contributed by atoms with Crippen LogP contribution in [0.4, 0.5) is 5.82 Å². The first-order chi connectivity index (χ1) is 11.0. The van der Waals surface area contributed by atoms with Crippen molar-refractivity contribution in [2.24, 2.45) is 11.7 Å². The molecular formula is C17H22N4OS. The fraction of sp³-hybridized carbons (Fsp3) is 0.588. The van der Waals surface area contributed by atoms with Gasteiger partial charge in [-0.25, -0.2) is 9.97 Å². The number of thiophene rings is 1. The van der Waals surface area contributed by atoms with Gasteiger partial charge in [-0.1, -0.05) is 6.92 Å². The summed E-state index contributed by atoms with van der Waals surface area (Å²) in [5.41, 5.74) is 7.03. The Hall–Kier alpha value is -1.69. The summed E-state index contributed by atoms with van der Waals surface area (Å²) in [7, 11) is 0. The van der Waals surface area contributed by atoms with Gasteiger partial charge in [-0.05, 0) is 50.5 Å². The van der Waals surface area contributed by atoms with Crippen LogP contribution >= 0.6 is 11.3 Å². The number of aromatic nitrogens is 2. The van der Waals surface area contributed by atoms with Gasteiger partial charge in [0.1, 0.15) is 22.5 Å². The number of carbonyl (C=O) groups is 1. The molecule has 2 atom stereocenters. The van der Waals surface area contributed by atoms with Crippen LogP contribution in [-0.4, -0.2) is 28.5 Å². The molecule has 3 heterocycles. The molecule has 0 spiro atoms. The second kappa shape index (κ2) is 5.44. The molecule has 1 aliphatic heterocycles. The van der Waals surface area contributed by atoms with E-state index < -0.39 is 0 Å². The number of nitrogens with zero attached hydrogens (tertiary/aromatic N) is 3. The van der Waals surface area contributed by atoms with E-state index in [1.165, 1.54) is 22.2 Å². The molecule has 122 valence electrons. The molecule has 0 saturated carbocycles. The highest BCUT2D eigenvalue weighted by atomic mass is 32.1. The lowest BCUT2D eigenvalue weighted by Gasteiger charge is -2.25. The zero-order valence-electron chi connectivity index (χ0n) is 13.6. The summed E-state index contributed by atoms with van der Waals surface area (Å²) in [6.07, 6.45) is 5.25. The standard InChI is InChI=1S/C17H22N4OS/c1-9-5-6-11-13(8-9)23-17-14(11)16(19-10(2)20-17)21-7-3-4-12(21)15(18)22/h9,12H,3-8H2,1-2H3,(H2,18,22)/t9-,12+/m0/s1. The molecule has 23 heavy (non-hydrogen) atoms. The zero-order valence-corrected chi connectivity index (χ0v) is 14.4. The SMILES string of the molecule is Cc1nc(N2CCC[C@@H]2C(N)=O)c2c3c(sc2n1)C[C@@H](C)CC3. The number of nitrogens with two attached hydrogens (primary N) is 1. The number of hydrogen-bond donors (Lipinski definition) is 1. The van der Waals surface area contributed by atoms with Crippen molar-refractivity contribution >= 4 is 33.3 Å². The van der Waals surface area contributed by atoms with E-state index >= 15 is 0 Å². The van der Waals surface area contributed by atoms with Gasteiger partial charge < -0.3 is 10.6 Å². The molecular weight excluding hydrogens is 308 g/mol. The second-order valence-electron chi connectivity index (χ2n) is 6.88. The smallest absolute Gasteiger partial charge is 0.240 e. The van der Waals surface area contributed by atoms with E-state index in [0.29, 0.717) is 0 Å². The highest BCUT2D eigenvalue weighted by Crippen LogP contribution is 2.42. The Morgan fingerprint density at radius 1 is 1.35 bits per heavy atom. The van der Waals surface area contributed by atoms with E-state index in [-0.39, 0.29) is 11.9 Å². The Morgan fingerprint density at radius 3 is 2.96 bits per heavy atom. The molecule has 1 saturated heterocycles. The number of fused-ring (bicyclic) bond motifs is 3. The predicted molar refractivity (Wildman–Crippen MR) is 92.9 cm³/mol. The summed E-state index contributed by atoms with van der Waals surface area (Å²) in [6.45, 7) is 5.09. The van der Waals surface area contributed by atoms with Gasteiger partial charge in [0.25, 0.3) is 0 Å². The first-order valence-corrected chi connectivity index (χ1v) is 9.21. The van der Waals surface area contributed by atoms with Crippen LogP contribution in [0.25, 0.3) is 10.2 Å². The molecule has 1 amide bonds. The van der Waals surface area contributed by atoms with E-state index in [1.807, 2.05) is 6.92 Å². The van der Waals surface area contributed by atoms with Crippen molar-refractivity contribution in [3.05, 3.63) is 16.3 Å². The fourth-order valence-electron chi connectivity index (χ4n) is 3.95. The van der Waals surface area contributed by atoms with Crippen LogP contribution in [0.2, 0.25) is 0 Å². The lowest BCUT2D eigenvalue weighted by atomic mass is 9.89. The van der Waals surface area contributed by atoms with Crippen LogP contribution in [0.5, 0.6) is 0 Å². The van der Waals surface area contributed by atoms with E-state index in [4.69, 9.17) is 10.7 Å². The first kappa shape index (κ1) is 14.9. The quantitative estimate of drug-likeness (QED) is 0.918. The minimum absolute atomic E-state index is 0.231. The highest BCUT2D eigenvalue weighted by Gasteiger charge is 2.33. The van der Waals surface area contributed by atoms with Gasteiger partial charge in [-0.3, -0.25) is 4.79 Å². The molecule has 2 aromatic heterocycles. The van der Waals surface area contributed by atoms with Crippen molar-refractivity contribution < 1.29 is 4.79 Å². The Labute approximate surface area is 139 Å². The lowest BCUT2D eigenvalue weighted by Crippen LogP contribution is -2.41. The molecule has 1 fully saturated rings. The van der Waals surface area contributed by atoms with Crippen molar-refractivity contribution in [2.45, 2.75) is 52.0 Å². The largest absolute Gasteiger partial charge is 0.368 e. The highest BCUT2D eigenvalue weighted by molar-refractivity contribution is 7.19. The third kappa shape index (κ3) is 2.40. The Bertz CT molecular complexity index is 784. The van der Waals surface area contributed by atoms with Crippen molar-refractivity contribution in [3.63, 3.8) is 0 Å². The van der Waals surface area contributed by atoms with Gasteiger partial charge >= 0.3 is 0 Å². The van der Waals surface area contributed by atoms with Gasteiger partial charge in [0.15, 0.2) is 0 Å². The zero-order chi connectivity index (χ0) is 16.1. The van der Waals surface area contributed by atoms with E-state index in [2.05, 4.69) is 16.8 Å². The minimum Gasteiger partial charge on any atom is -0.368 e. The number of rotatable bonds is 2. The monoisotopic (exact) mass is 330 g/mol. The molecule has 0 unspecified atom stereocenters. The lowest BCUT2D eigenvalue weighted by molar-refractivity contribution is -0.119. The van der Waals surface area contributed by atoms with E-state index in [0.717, 1.165) is 54.6 Å². The number of carbonyl (C=O) groups excluding carboxylic acids is 1. The Morgan fingerprint density at radius 2 is 2.17 bits per heavy atom. The predicted octanol–water partition coefficient (Wildman–Crippen LogP) is 2.58. The molecule has 4 rings (SSSR count). The summed E-state index contributed by atoms with van der Waals surface area (Å²) in [6, 6.07) is -0.231. The number of anilines is 1. The van der Waals surface area contributed by atoms with Crippen molar-refractivity contribution in [1.29, 1.82) is 0 Å². The first-order valence-electron chi connectivity index (χ1n) is 8.39. The molecule has 2 N–H and O–H groups in total. The van der Waals surface area contributed by atoms with Crippen LogP contribution in [0.15, 0.2) is 0 Å². The molecule has 1 aliphatic carbocycles. The summed E-state index contributed by atoms with van der Waals surface area (Å²) >= 11 is 1.81. The van der Waals surface area contributed by atoms with Crippen molar-refractivity contribution in [3.8, 4) is 0 Å². The normalized spacial score (nSPS) is 24.2. The van der Waals surface area contributed by atoms with Gasteiger partial charge in [0.2, 0.25) is 5.91 Å². The van der Waals surface area contributed by atoms with Gasteiger partial charge in [-0.2, -0.15) is 0 Å². The topological polar surface area (TPSA) is 72.1 Å². The van der Waals surface area contributed by atoms with Crippen LogP contribution in [-0.2, 0) is 17.6 Å². The van der Waals surface area contributed by atoms with E-state index in [9.17, 15) is 4.79 Å². The maximum Gasteiger partial charge on any atom is 0.240 e. The second-order valence-corrected chi connectivity index (χ2v) is 7.96. The average molecular weight is 330 g/mol. The van der Waals surface area contributed by atoms with Crippen molar-refractivity contribution in [1.82, 2.24) is 9.97 Å². The third-order valence-electron chi connectivity index (χ3n) is 5.10. The average Bonchev–Trinajstić information content (AvgIpc) is 3.09. The Balaban J connectivity index is 1.90. The number of amides is 1. The fourth-order valence-corrected chi connectivity index (χ4v) is 5.37.